The summed E-state index contributed by atoms with van der Waals surface area (Å²) in [5.41, 5.74) is 12.9. The average Bonchev–Trinajstić information content (AvgIpc) is 2.86. The van der Waals surface area contributed by atoms with E-state index in [0.29, 0.717) is 12.2 Å². The SMILES string of the molecule is CCCC(N)C(N)c1nc(Cc2cccc(F)c2)ns1. The lowest BCUT2D eigenvalue weighted by Crippen LogP contribution is -2.33. The van der Waals surface area contributed by atoms with Gasteiger partial charge in [-0.2, -0.15) is 4.37 Å². The predicted octanol–water partition coefficient (Wildman–Crippen LogP) is 2.40. The molecule has 4 nitrogen and oxygen atoms in total. The van der Waals surface area contributed by atoms with Crippen LogP contribution >= 0.6 is 11.5 Å². The van der Waals surface area contributed by atoms with E-state index >= 15 is 0 Å². The van der Waals surface area contributed by atoms with Crippen LogP contribution in [0.4, 0.5) is 4.39 Å². The first-order valence-corrected chi connectivity index (χ1v) is 7.45. The van der Waals surface area contributed by atoms with Crippen molar-refractivity contribution in [3.63, 3.8) is 0 Å². The molecule has 0 saturated carbocycles. The third-order valence-corrected chi connectivity index (χ3v) is 3.96. The van der Waals surface area contributed by atoms with Crippen molar-refractivity contribution in [3.8, 4) is 0 Å². The van der Waals surface area contributed by atoms with Crippen LogP contribution in [0.25, 0.3) is 0 Å². The van der Waals surface area contributed by atoms with Gasteiger partial charge in [-0.15, -0.1) is 0 Å². The summed E-state index contributed by atoms with van der Waals surface area (Å²) in [5, 5.41) is 0.748. The van der Waals surface area contributed by atoms with Crippen LogP contribution in [-0.4, -0.2) is 15.4 Å². The fraction of sp³-hybridized carbons (Fsp3) is 0.429. The van der Waals surface area contributed by atoms with Crippen LogP contribution in [-0.2, 0) is 6.42 Å². The lowest BCUT2D eigenvalue weighted by atomic mass is 10.1. The largest absolute Gasteiger partial charge is 0.326 e. The van der Waals surface area contributed by atoms with Crippen LogP contribution in [0.2, 0.25) is 0 Å². The van der Waals surface area contributed by atoms with E-state index < -0.39 is 0 Å². The molecule has 4 N–H and O–H groups in total. The summed E-state index contributed by atoms with van der Waals surface area (Å²) in [6, 6.07) is 6.06. The van der Waals surface area contributed by atoms with Gasteiger partial charge in [0.2, 0.25) is 0 Å². The highest BCUT2D eigenvalue weighted by atomic mass is 32.1. The van der Waals surface area contributed by atoms with Crippen LogP contribution in [0.5, 0.6) is 0 Å². The molecule has 0 aliphatic heterocycles. The number of nitrogens with zero attached hydrogens (tertiary/aromatic N) is 2. The lowest BCUT2D eigenvalue weighted by molar-refractivity contribution is 0.504. The van der Waals surface area contributed by atoms with Crippen molar-refractivity contribution in [1.82, 2.24) is 9.36 Å². The number of halogens is 1. The summed E-state index contributed by atoms with van der Waals surface area (Å²) in [6.07, 6.45) is 2.35. The molecule has 2 aromatic rings. The Morgan fingerprint density at radius 1 is 1.35 bits per heavy atom. The molecule has 0 saturated heterocycles. The van der Waals surface area contributed by atoms with Gasteiger partial charge in [0, 0.05) is 12.5 Å². The maximum absolute atomic E-state index is 13.1. The number of benzene rings is 1. The minimum absolute atomic E-state index is 0.102. The zero-order valence-corrected chi connectivity index (χ0v) is 12.2. The Kier molecular flexibility index (Phi) is 5.17. The fourth-order valence-electron chi connectivity index (χ4n) is 2.00. The van der Waals surface area contributed by atoms with E-state index in [1.165, 1.54) is 23.7 Å². The Labute approximate surface area is 122 Å². The Morgan fingerprint density at radius 2 is 2.15 bits per heavy atom. The highest BCUT2D eigenvalue weighted by molar-refractivity contribution is 7.05. The van der Waals surface area contributed by atoms with Crippen molar-refractivity contribution < 1.29 is 4.39 Å². The van der Waals surface area contributed by atoms with Gasteiger partial charge in [-0.3, -0.25) is 0 Å². The maximum atomic E-state index is 13.1. The van der Waals surface area contributed by atoms with Crippen LogP contribution in [0.1, 0.15) is 42.2 Å². The summed E-state index contributed by atoms with van der Waals surface area (Å²) in [5.74, 6) is 0.411. The minimum Gasteiger partial charge on any atom is -0.326 e. The molecule has 1 aromatic carbocycles. The normalized spacial score (nSPS) is 14.2. The van der Waals surface area contributed by atoms with Crippen LogP contribution in [0.15, 0.2) is 24.3 Å². The standard InChI is InChI=1S/C14H19FN4S/c1-2-4-11(16)13(17)14-18-12(19-20-14)8-9-5-3-6-10(15)7-9/h3,5-7,11,13H,2,4,8,16-17H2,1H3. The molecule has 0 aliphatic carbocycles. The molecule has 0 radical (unpaired) electrons. The second kappa shape index (κ2) is 6.88. The van der Waals surface area contributed by atoms with Crippen LogP contribution < -0.4 is 11.5 Å². The Morgan fingerprint density at radius 3 is 2.85 bits per heavy atom. The molecule has 0 spiro atoms. The predicted molar refractivity (Wildman–Crippen MR) is 78.9 cm³/mol. The summed E-state index contributed by atoms with van der Waals surface area (Å²) >= 11 is 1.28. The average molecular weight is 294 g/mol. The van der Waals surface area contributed by atoms with E-state index in [4.69, 9.17) is 11.5 Å². The van der Waals surface area contributed by atoms with Gasteiger partial charge in [0.05, 0.1) is 6.04 Å². The Hall–Kier alpha value is -1.37. The number of rotatable bonds is 6. The second-order valence-electron chi connectivity index (χ2n) is 4.83. The molecule has 6 heteroatoms. The summed E-state index contributed by atoms with van der Waals surface area (Å²) in [4.78, 5) is 4.42. The summed E-state index contributed by atoms with van der Waals surface area (Å²) in [7, 11) is 0. The number of hydrogen-bond acceptors (Lipinski definition) is 5. The van der Waals surface area contributed by atoms with E-state index in [0.717, 1.165) is 23.4 Å². The third kappa shape index (κ3) is 3.82. The van der Waals surface area contributed by atoms with Crippen molar-refractivity contribution in [3.05, 3.63) is 46.5 Å². The molecule has 2 rings (SSSR count). The van der Waals surface area contributed by atoms with E-state index in [9.17, 15) is 4.39 Å². The quantitative estimate of drug-likeness (QED) is 0.857. The topological polar surface area (TPSA) is 77.8 Å². The first-order valence-electron chi connectivity index (χ1n) is 6.68. The molecular weight excluding hydrogens is 275 g/mol. The monoisotopic (exact) mass is 294 g/mol. The molecule has 2 atom stereocenters. The third-order valence-electron chi connectivity index (χ3n) is 3.10. The van der Waals surface area contributed by atoms with Gasteiger partial charge < -0.3 is 11.5 Å². The molecule has 2 unspecified atom stereocenters. The smallest absolute Gasteiger partial charge is 0.147 e. The highest BCUT2D eigenvalue weighted by Crippen LogP contribution is 2.19. The van der Waals surface area contributed by atoms with Crippen molar-refractivity contribution in [2.75, 3.05) is 0 Å². The van der Waals surface area contributed by atoms with Crippen molar-refractivity contribution in [1.29, 1.82) is 0 Å². The zero-order chi connectivity index (χ0) is 14.5. The molecule has 0 amide bonds. The molecule has 0 bridgehead atoms. The van der Waals surface area contributed by atoms with Gasteiger partial charge in [0.25, 0.3) is 0 Å². The Bertz CT molecular complexity index is 558. The van der Waals surface area contributed by atoms with Crippen molar-refractivity contribution >= 4 is 11.5 Å². The van der Waals surface area contributed by atoms with Crippen molar-refractivity contribution in [2.45, 2.75) is 38.3 Å². The first kappa shape index (κ1) is 15.0. The van der Waals surface area contributed by atoms with Crippen LogP contribution in [0, 0.1) is 5.82 Å². The molecular formula is C14H19FN4S. The van der Waals surface area contributed by atoms with Gasteiger partial charge in [-0.05, 0) is 35.6 Å². The van der Waals surface area contributed by atoms with Gasteiger partial charge in [0.15, 0.2) is 0 Å². The van der Waals surface area contributed by atoms with Gasteiger partial charge >= 0.3 is 0 Å². The minimum atomic E-state index is -0.284. The van der Waals surface area contributed by atoms with E-state index in [1.807, 2.05) is 6.07 Å². The molecule has 1 heterocycles. The fourth-order valence-corrected chi connectivity index (χ4v) is 2.75. The van der Waals surface area contributed by atoms with Crippen LogP contribution in [0.3, 0.4) is 0 Å². The zero-order valence-electron chi connectivity index (χ0n) is 11.4. The molecule has 20 heavy (non-hydrogen) atoms. The number of hydrogen-bond donors (Lipinski definition) is 2. The van der Waals surface area contributed by atoms with Gasteiger partial charge in [0.1, 0.15) is 16.6 Å². The van der Waals surface area contributed by atoms with E-state index in [2.05, 4.69) is 16.3 Å². The lowest BCUT2D eigenvalue weighted by Gasteiger charge is -2.15. The van der Waals surface area contributed by atoms with Gasteiger partial charge in [-0.1, -0.05) is 25.5 Å². The van der Waals surface area contributed by atoms with E-state index in [-0.39, 0.29) is 17.9 Å². The summed E-state index contributed by atoms with van der Waals surface area (Å²) < 4.78 is 17.4. The number of nitrogens with two attached hydrogens (primary N) is 2. The van der Waals surface area contributed by atoms with E-state index in [1.54, 1.807) is 6.07 Å². The summed E-state index contributed by atoms with van der Waals surface area (Å²) in [6.45, 7) is 2.07. The second-order valence-corrected chi connectivity index (χ2v) is 5.62. The maximum Gasteiger partial charge on any atom is 0.147 e. The molecule has 108 valence electrons. The highest BCUT2D eigenvalue weighted by Gasteiger charge is 2.19. The molecule has 1 aromatic heterocycles. The van der Waals surface area contributed by atoms with Crippen molar-refractivity contribution in [2.24, 2.45) is 11.5 Å². The first-order chi connectivity index (χ1) is 9.60. The Balaban J connectivity index is 2.05. The molecule has 0 aliphatic rings. The number of aromatic nitrogens is 2. The van der Waals surface area contributed by atoms with Gasteiger partial charge in [-0.25, -0.2) is 9.37 Å². The molecule has 0 fully saturated rings.